The zero-order valence-corrected chi connectivity index (χ0v) is 9.68. The third kappa shape index (κ3) is 3.16. The molecule has 3 atom stereocenters. The van der Waals surface area contributed by atoms with Crippen LogP contribution in [0.4, 0.5) is 0 Å². The van der Waals surface area contributed by atoms with E-state index in [2.05, 4.69) is 6.07 Å². The standard InChI is InChI=1S/C13H13N3O/c1-9(17)12-5-11(2-3-14)13(6-12)4-10(7-15)8-16/h4,11-13H,2,5-6H2,1H3/t11-,12+,13-/m0/s1. The highest BCUT2D eigenvalue weighted by atomic mass is 16.1. The van der Waals surface area contributed by atoms with Gasteiger partial charge < -0.3 is 0 Å². The van der Waals surface area contributed by atoms with Gasteiger partial charge in [0.05, 0.1) is 6.07 Å². The van der Waals surface area contributed by atoms with Crippen LogP contribution in [-0.2, 0) is 4.79 Å². The highest BCUT2D eigenvalue weighted by molar-refractivity contribution is 5.78. The smallest absolute Gasteiger partial charge is 0.132 e. The molecule has 0 aromatic rings. The minimum absolute atomic E-state index is 0.00199. The maximum absolute atomic E-state index is 11.3. The van der Waals surface area contributed by atoms with Crippen LogP contribution in [-0.4, -0.2) is 5.78 Å². The maximum atomic E-state index is 11.3. The molecular formula is C13H13N3O. The lowest BCUT2D eigenvalue weighted by Gasteiger charge is -2.11. The highest BCUT2D eigenvalue weighted by Gasteiger charge is 2.35. The summed E-state index contributed by atoms with van der Waals surface area (Å²) >= 11 is 0. The molecule has 1 aliphatic carbocycles. The van der Waals surface area contributed by atoms with Crippen LogP contribution in [0.3, 0.4) is 0 Å². The quantitative estimate of drug-likeness (QED) is 0.690. The number of hydrogen-bond acceptors (Lipinski definition) is 4. The third-order valence-electron chi connectivity index (χ3n) is 3.30. The molecule has 1 fully saturated rings. The van der Waals surface area contributed by atoms with Gasteiger partial charge in [-0.1, -0.05) is 6.08 Å². The van der Waals surface area contributed by atoms with E-state index in [0.29, 0.717) is 19.3 Å². The van der Waals surface area contributed by atoms with Gasteiger partial charge >= 0.3 is 0 Å². The minimum atomic E-state index is -0.0340. The molecule has 0 aromatic heterocycles. The Morgan fingerprint density at radius 3 is 2.41 bits per heavy atom. The van der Waals surface area contributed by atoms with E-state index in [0.717, 1.165) is 0 Å². The summed E-state index contributed by atoms with van der Waals surface area (Å²) in [5, 5.41) is 26.1. The second-order valence-corrected chi connectivity index (χ2v) is 4.37. The van der Waals surface area contributed by atoms with Crippen LogP contribution in [0.25, 0.3) is 0 Å². The van der Waals surface area contributed by atoms with Crippen LogP contribution >= 0.6 is 0 Å². The largest absolute Gasteiger partial charge is 0.300 e. The van der Waals surface area contributed by atoms with Gasteiger partial charge in [0.15, 0.2) is 0 Å². The van der Waals surface area contributed by atoms with E-state index in [1.165, 1.54) is 0 Å². The molecule has 0 unspecified atom stereocenters. The topological polar surface area (TPSA) is 88.4 Å². The molecular weight excluding hydrogens is 214 g/mol. The fourth-order valence-electron chi connectivity index (χ4n) is 2.36. The van der Waals surface area contributed by atoms with Crippen LogP contribution in [0.5, 0.6) is 0 Å². The lowest BCUT2D eigenvalue weighted by Crippen LogP contribution is -2.06. The van der Waals surface area contributed by atoms with Crippen molar-refractivity contribution < 1.29 is 4.79 Å². The van der Waals surface area contributed by atoms with Gasteiger partial charge in [0.1, 0.15) is 23.5 Å². The van der Waals surface area contributed by atoms with Gasteiger partial charge in [0, 0.05) is 12.3 Å². The van der Waals surface area contributed by atoms with E-state index in [9.17, 15) is 4.79 Å². The number of carbonyl (C=O) groups excluding carboxylic acids is 1. The van der Waals surface area contributed by atoms with E-state index >= 15 is 0 Å². The van der Waals surface area contributed by atoms with Crippen molar-refractivity contribution >= 4 is 5.78 Å². The summed E-state index contributed by atoms with van der Waals surface area (Å²) < 4.78 is 0. The van der Waals surface area contributed by atoms with Crippen molar-refractivity contribution in [3.05, 3.63) is 11.6 Å². The lowest BCUT2D eigenvalue weighted by molar-refractivity contribution is -0.120. The molecule has 0 spiro atoms. The van der Waals surface area contributed by atoms with E-state index in [-0.39, 0.29) is 29.1 Å². The van der Waals surface area contributed by atoms with E-state index in [1.54, 1.807) is 13.0 Å². The predicted octanol–water partition coefficient (Wildman–Crippen LogP) is 2.11. The summed E-state index contributed by atoms with van der Waals surface area (Å²) in [6.45, 7) is 1.55. The van der Waals surface area contributed by atoms with Crippen LogP contribution in [0.1, 0.15) is 26.2 Å². The monoisotopic (exact) mass is 227 g/mol. The van der Waals surface area contributed by atoms with Crippen LogP contribution in [0.2, 0.25) is 0 Å². The molecule has 0 radical (unpaired) electrons. The number of hydrogen-bond donors (Lipinski definition) is 0. The molecule has 0 aromatic carbocycles. The molecule has 86 valence electrons. The summed E-state index contributed by atoms with van der Waals surface area (Å²) in [4.78, 5) is 11.3. The number of carbonyl (C=O) groups is 1. The van der Waals surface area contributed by atoms with E-state index < -0.39 is 0 Å². The minimum Gasteiger partial charge on any atom is -0.300 e. The summed E-state index contributed by atoms with van der Waals surface area (Å²) in [6, 6.07) is 5.74. The number of rotatable bonds is 3. The average molecular weight is 227 g/mol. The van der Waals surface area contributed by atoms with E-state index in [4.69, 9.17) is 15.8 Å². The van der Waals surface area contributed by atoms with Gasteiger partial charge in [-0.25, -0.2) is 0 Å². The van der Waals surface area contributed by atoms with Gasteiger partial charge in [-0.3, -0.25) is 4.79 Å². The number of ketones is 1. The van der Waals surface area contributed by atoms with Gasteiger partial charge in [0.2, 0.25) is 0 Å². The first kappa shape index (κ1) is 12.9. The molecule has 0 bridgehead atoms. The first-order valence-corrected chi connectivity index (χ1v) is 5.51. The second-order valence-electron chi connectivity index (χ2n) is 4.37. The Morgan fingerprint density at radius 2 is 1.94 bits per heavy atom. The summed E-state index contributed by atoms with van der Waals surface area (Å²) in [5.74, 6) is 0.177. The lowest BCUT2D eigenvalue weighted by atomic mass is 9.92. The van der Waals surface area contributed by atoms with Gasteiger partial charge in [-0.05, 0) is 31.6 Å². The van der Waals surface area contributed by atoms with Crippen molar-refractivity contribution in [3.63, 3.8) is 0 Å². The van der Waals surface area contributed by atoms with Crippen molar-refractivity contribution in [2.75, 3.05) is 0 Å². The Balaban J connectivity index is 2.87. The Labute approximate surface area is 101 Å². The Morgan fingerprint density at radius 1 is 1.29 bits per heavy atom. The molecule has 1 rings (SSSR count). The molecule has 0 aliphatic heterocycles. The van der Waals surface area contributed by atoms with Crippen LogP contribution in [0, 0.1) is 51.7 Å². The van der Waals surface area contributed by atoms with E-state index in [1.807, 2.05) is 12.1 Å². The SMILES string of the molecule is CC(=O)[C@@H]1C[C@H](CC#N)[C@@H](C=C(C#N)C#N)C1. The van der Waals surface area contributed by atoms with Crippen molar-refractivity contribution in [1.29, 1.82) is 15.8 Å². The Bertz CT molecular complexity index is 443. The molecule has 0 amide bonds. The number of nitriles is 3. The summed E-state index contributed by atoms with van der Waals surface area (Å²) in [6.07, 6.45) is 3.32. The predicted molar refractivity (Wildman–Crippen MR) is 59.9 cm³/mol. The molecule has 0 N–H and O–H groups in total. The molecule has 0 saturated heterocycles. The molecule has 1 saturated carbocycles. The number of Topliss-reactive ketones (excluding diaryl/α,β-unsaturated/α-hetero) is 1. The Hall–Kier alpha value is -2.12. The molecule has 4 nitrogen and oxygen atoms in total. The molecule has 0 heterocycles. The van der Waals surface area contributed by atoms with Crippen LogP contribution < -0.4 is 0 Å². The first-order chi connectivity index (χ1) is 8.12. The highest BCUT2D eigenvalue weighted by Crippen LogP contribution is 2.40. The first-order valence-electron chi connectivity index (χ1n) is 5.51. The molecule has 17 heavy (non-hydrogen) atoms. The Kier molecular flexibility index (Phi) is 4.44. The second kappa shape index (κ2) is 5.83. The fraction of sp³-hybridized carbons (Fsp3) is 0.538. The summed E-state index contributed by atoms with van der Waals surface area (Å²) in [5.41, 5.74) is 0.0714. The van der Waals surface area contributed by atoms with Gasteiger partial charge in [-0.15, -0.1) is 0 Å². The normalized spacial score (nSPS) is 26.4. The fourth-order valence-corrected chi connectivity index (χ4v) is 2.36. The van der Waals surface area contributed by atoms with Crippen LogP contribution in [0.15, 0.2) is 11.6 Å². The average Bonchev–Trinajstić information content (AvgIpc) is 2.70. The van der Waals surface area contributed by atoms with Crippen molar-refractivity contribution in [2.45, 2.75) is 26.2 Å². The number of allylic oxidation sites excluding steroid dienone is 2. The summed E-state index contributed by atoms with van der Waals surface area (Å²) in [7, 11) is 0. The maximum Gasteiger partial charge on any atom is 0.132 e. The van der Waals surface area contributed by atoms with Gasteiger partial charge in [-0.2, -0.15) is 15.8 Å². The van der Waals surface area contributed by atoms with Crippen molar-refractivity contribution in [1.82, 2.24) is 0 Å². The van der Waals surface area contributed by atoms with Crippen molar-refractivity contribution in [2.24, 2.45) is 17.8 Å². The molecule has 4 heteroatoms. The molecule has 1 aliphatic rings. The zero-order chi connectivity index (χ0) is 12.8. The number of nitrogens with zero attached hydrogens (tertiary/aromatic N) is 3. The van der Waals surface area contributed by atoms with Crippen molar-refractivity contribution in [3.8, 4) is 18.2 Å². The zero-order valence-electron chi connectivity index (χ0n) is 9.68. The van der Waals surface area contributed by atoms with Gasteiger partial charge in [0.25, 0.3) is 0 Å². The third-order valence-corrected chi connectivity index (χ3v) is 3.30.